The van der Waals surface area contributed by atoms with E-state index in [9.17, 15) is 0 Å². The van der Waals surface area contributed by atoms with Crippen LogP contribution in [0.3, 0.4) is 0 Å². The van der Waals surface area contributed by atoms with E-state index in [1.165, 1.54) is 53.4 Å². The summed E-state index contributed by atoms with van der Waals surface area (Å²) in [5.41, 5.74) is 11.0. The first-order valence-corrected chi connectivity index (χ1v) is 23.7. The van der Waals surface area contributed by atoms with Gasteiger partial charge in [-0.25, -0.2) is 11.3 Å². The van der Waals surface area contributed by atoms with Crippen molar-refractivity contribution in [1.29, 1.82) is 0 Å². The Morgan fingerprint density at radius 2 is 1.45 bits per heavy atom. The molecule has 2 aromatic heterocycles. The molecule has 0 fully saturated rings. The topological polar surface area (TPSA) is 30.2 Å². The molecule has 3 heterocycles. The van der Waals surface area contributed by atoms with E-state index in [2.05, 4.69) is 180 Å². The summed E-state index contributed by atoms with van der Waals surface area (Å²) in [4.78, 5) is 7.15. The molecule has 282 valence electrons. The fourth-order valence-electron chi connectivity index (χ4n) is 7.66. The van der Waals surface area contributed by atoms with Crippen LogP contribution in [0.2, 0.25) is 19.6 Å². The van der Waals surface area contributed by atoms with Crippen molar-refractivity contribution >= 4 is 61.8 Å². The Morgan fingerprint density at radius 1 is 0.764 bits per heavy atom. The molecule has 1 atom stereocenters. The number of thiophene rings is 1. The summed E-state index contributed by atoms with van der Waals surface area (Å²) < 4.78 is 2.59. The number of hydrogen-bond acceptors (Lipinski definition) is 3. The predicted molar refractivity (Wildman–Crippen MR) is 237 cm³/mol. The third kappa shape index (κ3) is 8.54. The van der Waals surface area contributed by atoms with E-state index < -0.39 is 8.07 Å². The summed E-state index contributed by atoms with van der Waals surface area (Å²) in [5, 5.41) is 9.35. The van der Waals surface area contributed by atoms with E-state index in [0.717, 1.165) is 28.9 Å². The molecule has 7 aromatic rings. The van der Waals surface area contributed by atoms with Crippen molar-refractivity contribution in [3.05, 3.63) is 155 Å². The van der Waals surface area contributed by atoms with Crippen LogP contribution in [0.5, 0.6) is 0 Å². The van der Waals surface area contributed by atoms with Crippen LogP contribution in [0.4, 0.5) is 17.1 Å². The Bertz CT molecular complexity index is 2370. The summed E-state index contributed by atoms with van der Waals surface area (Å²) in [5.74, 6) is 1.49. The maximum atomic E-state index is 5.25. The Labute approximate surface area is 347 Å². The SMILES string of the molecule is CC(C)Cc1cc(-c2[c-]cccc2)ncc1[Si](C)(C)C.CC(C)c1cccc(C(C)C)c1N1c2ccccc2[N-]C1c1[c-]cc2sc3ccccc3c2c1.[Ir+3]. The largest absolute Gasteiger partial charge is 3.00 e. The first-order chi connectivity index (χ1) is 25.9. The molecule has 3 nitrogen and oxygen atoms in total. The van der Waals surface area contributed by atoms with Gasteiger partial charge in [0, 0.05) is 22.3 Å². The second-order valence-corrected chi connectivity index (χ2v) is 22.7. The van der Waals surface area contributed by atoms with Crippen LogP contribution in [0.15, 0.2) is 115 Å². The molecule has 5 aromatic carbocycles. The van der Waals surface area contributed by atoms with Crippen LogP contribution in [0.1, 0.15) is 81.8 Å². The fraction of sp³-hybridized carbons (Fsp3) is 0.286. The maximum Gasteiger partial charge on any atom is 3.00 e. The van der Waals surface area contributed by atoms with Gasteiger partial charge in [-0.05, 0) is 69.9 Å². The van der Waals surface area contributed by atoms with Crippen molar-refractivity contribution in [2.45, 2.75) is 85.6 Å². The summed E-state index contributed by atoms with van der Waals surface area (Å²) in [7, 11) is -1.34. The molecular weight excluding hydrogens is 883 g/mol. The molecule has 1 aliphatic heterocycles. The van der Waals surface area contributed by atoms with E-state index in [0.29, 0.717) is 17.8 Å². The number of benzene rings is 5. The standard InChI is InChI=1S/C31H28N2S.C18H24NSi.Ir/c1-19(2)22-11-9-12-23(20(3)4)30(22)33-27-14-7-6-13-26(27)32-31(33)21-16-17-29-25(18-21)24-10-5-8-15-28(24)34-29;1-14(2)11-16-12-17(15-9-7-6-8-10-15)19-13-18(16)20(3,4)5;/h5-15,17-20,31H,1-4H3;6-9,12-14H,11H2,1-5H3;/q-2;-1;+3. The molecule has 1 unspecified atom stereocenters. The molecular formula is C49H52IrN3SSi. The Hall–Kier alpha value is -4.06. The Kier molecular flexibility index (Phi) is 12.5. The number of fused-ring (bicyclic) bond motifs is 4. The third-order valence-corrected chi connectivity index (χ3v) is 13.5. The number of pyridine rings is 1. The van der Waals surface area contributed by atoms with Gasteiger partial charge in [0.05, 0.1) is 8.07 Å². The van der Waals surface area contributed by atoms with Gasteiger partial charge in [0.25, 0.3) is 0 Å². The summed E-state index contributed by atoms with van der Waals surface area (Å²) in [6.07, 6.45) is 3.10. The molecule has 0 amide bonds. The molecule has 8 rings (SSSR count). The van der Waals surface area contributed by atoms with Crippen LogP contribution < -0.4 is 10.1 Å². The van der Waals surface area contributed by atoms with E-state index in [-0.39, 0.29) is 26.3 Å². The van der Waals surface area contributed by atoms with Crippen molar-refractivity contribution in [2.24, 2.45) is 5.92 Å². The van der Waals surface area contributed by atoms with Gasteiger partial charge in [-0.1, -0.05) is 132 Å². The average molecular weight is 935 g/mol. The van der Waals surface area contributed by atoms with Crippen LogP contribution in [0, 0.1) is 18.1 Å². The second-order valence-electron chi connectivity index (χ2n) is 16.6. The van der Waals surface area contributed by atoms with Gasteiger partial charge in [-0.15, -0.1) is 47.0 Å². The van der Waals surface area contributed by atoms with Crippen molar-refractivity contribution in [3.8, 4) is 11.3 Å². The third-order valence-electron chi connectivity index (χ3n) is 10.3. The number of nitrogens with zero attached hydrogens (tertiary/aromatic N) is 3. The number of para-hydroxylation sites is 3. The van der Waals surface area contributed by atoms with E-state index >= 15 is 0 Å². The summed E-state index contributed by atoms with van der Waals surface area (Å²) in [6.45, 7) is 20.9. The number of hydrogen-bond donors (Lipinski definition) is 0. The molecule has 0 N–H and O–H groups in total. The summed E-state index contributed by atoms with van der Waals surface area (Å²) in [6, 6.07) is 45.7. The molecule has 0 radical (unpaired) electrons. The molecule has 0 saturated carbocycles. The van der Waals surface area contributed by atoms with Crippen molar-refractivity contribution < 1.29 is 20.1 Å². The molecule has 1 aliphatic rings. The van der Waals surface area contributed by atoms with Gasteiger partial charge in [0.1, 0.15) is 0 Å². The molecule has 6 heteroatoms. The fourth-order valence-corrected chi connectivity index (χ4v) is 10.3. The second kappa shape index (κ2) is 17.0. The first kappa shape index (κ1) is 40.6. The average Bonchev–Trinajstić information content (AvgIpc) is 3.72. The van der Waals surface area contributed by atoms with Crippen LogP contribution in [-0.4, -0.2) is 13.1 Å². The van der Waals surface area contributed by atoms with Crippen molar-refractivity contribution in [3.63, 3.8) is 0 Å². The molecule has 0 bridgehead atoms. The van der Waals surface area contributed by atoms with Gasteiger partial charge in [-0.3, -0.25) is 0 Å². The smallest absolute Gasteiger partial charge is 0.661 e. The van der Waals surface area contributed by atoms with E-state index in [1.807, 2.05) is 29.5 Å². The quantitative estimate of drug-likeness (QED) is 0.112. The Morgan fingerprint density at radius 3 is 2.13 bits per heavy atom. The van der Waals surface area contributed by atoms with Crippen LogP contribution in [-0.2, 0) is 26.5 Å². The normalized spacial score (nSPS) is 13.9. The van der Waals surface area contributed by atoms with Gasteiger partial charge in [0.15, 0.2) is 0 Å². The van der Waals surface area contributed by atoms with Crippen molar-refractivity contribution in [2.75, 3.05) is 4.90 Å². The van der Waals surface area contributed by atoms with Gasteiger partial charge >= 0.3 is 20.1 Å². The molecule has 0 aliphatic carbocycles. The summed E-state index contributed by atoms with van der Waals surface area (Å²) >= 11 is 1.83. The van der Waals surface area contributed by atoms with Gasteiger partial charge < -0.3 is 15.2 Å². The van der Waals surface area contributed by atoms with Crippen LogP contribution >= 0.6 is 11.3 Å². The molecule has 55 heavy (non-hydrogen) atoms. The molecule has 0 saturated heterocycles. The Balaban J connectivity index is 0.000000211. The van der Waals surface area contributed by atoms with Gasteiger partial charge in [-0.2, -0.15) is 23.8 Å². The number of aromatic nitrogens is 1. The first-order valence-electron chi connectivity index (χ1n) is 19.4. The van der Waals surface area contributed by atoms with E-state index in [4.69, 9.17) is 5.32 Å². The molecule has 0 spiro atoms. The number of anilines is 2. The van der Waals surface area contributed by atoms with E-state index in [1.54, 1.807) is 0 Å². The maximum absolute atomic E-state index is 5.25. The minimum atomic E-state index is -1.34. The number of rotatable bonds is 8. The zero-order chi connectivity index (χ0) is 38.1. The zero-order valence-corrected chi connectivity index (χ0v) is 37.8. The minimum Gasteiger partial charge on any atom is -0.661 e. The predicted octanol–water partition coefficient (Wildman–Crippen LogP) is 14.2. The van der Waals surface area contributed by atoms with Gasteiger partial charge in [0.2, 0.25) is 0 Å². The monoisotopic (exact) mass is 935 g/mol. The van der Waals surface area contributed by atoms with Crippen molar-refractivity contribution in [1.82, 2.24) is 4.98 Å². The minimum absolute atomic E-state index is 0. The zero-order valence-electron chi connectivity index (χ0n) is 33.6. The van der Waals surface area contributed by atoms with Crippen LogP contribution in [0.25, 0.3) is 36.7 Å².